The van der Waals surface area contributed by atoms with E-state index in [1.165, 1.54) is 12.4 Å². The third kappa shape index (κ3) is 3.25. The molecule has 0 amide bonds. The number of hydrogen-bond acceptors (Lipinski definition) is 3. The summed E-state index contributed by atoms with van der Waals surface area (Å²) < 4.78 is 20.6. The predicted octanol–water partition coefficient (Wildman–Crippen LogP) is 4.23. The second-order valence-electron chi connectivity index (χ2n) is 5.26. The molecular formula is C14H14BrFN2O2. The maximum atomic E-state index is 14.0. The summed E-state index contributed by atoms with van der Waals surface area (Å²) in [5, 5.41) is 3.91. The van der Waals surface area contributed by atoms with Gasteiger partial charge in [0.05, 0.1) is 10.7 Å². The number of nitrogens with zero attached hydrogens (tertiary/aromatic N) is 2. The largest absolute Gasteiger partial charge is 0.442 e. The Hall–Kier alpha value is -1.69. The van der Waals surface area contributed by atoms with E-state index in [-0.39, 0.29) is 0 Å². The summed E-state index contributed by atoms with van der Waals surface area (Å²) in [6.07, 6.45) is 2.27. The molecule has 0 fully saturated rings. The van der Waals surface area contributed by atoms with Gasteiger partial charge in [0.25, 0.3) is 0 Å². The number of carbonyl (C=O) groups excluding carboxylic acids is 1. The Morgan fingerprint density at radius 2 is 2.10 bits per heavy atom. The second-order valence-corrected chi connectivity index (χ2v) is 6.11. The number of hydrogen-bond donors (Lipinski definition) is 0. The molecule has 0 aliphatic rings. The van der Waals surface area contributed by atoms with Crippen molar-refractivity contribution in [2.24, 2.45) is 0 Å². The van der Waals surface area contributed by atoms with Crippen LogP contribution in [0.5, 0.6) is 0 Å². The van der Waals surface area contributed by atoms with E-state index in [4.69, 9.17) is 4.74 Å². The number of rotatable bonds is 1. The first kappa shape index (κ1) is 14.7. The summed E-state index contributed by atoms with van der Waals surface area (Å²) in [6.45, 7) is 5.30. The van der Waals surface area contributed by atoms with Gasteiger partial charge in [0.1, 0.15) is 11.4 Å². The summed E-state index contributed by atoms with van der Waals surface area (Å²) in [5.41, 5.74) is 0.272. The summed E-state index contributed by atoms with van der Waals surface area (Å²) in [6, 6.07) is 4.95. The molecule has 1 aromatic carbocycles. The van der Waals surface area contributed by atoms with E-state index >= 15 is 0 Å². The molecular weight excluding hydrogens is 327 g/mol. The fourth-order valence-electron chi connectivity index (χ4n) is 1.60. The van der Waals surface area contributed by atoms with Gasteiger partial charge in [-0.1, -0.05) is 12.1 Å². The Morgan fingerprint density at radius 1 is 1.40 bits per heavy atom. The molecule has 0 radical (unpaired) electrons. The molecule has 0 N–H and O–H groups in total. The highest BCUT2D eigenvalue weighted by atomic mass is 79.9. The van der Waals surface area contributed by atoms with Gasteiger partial charge in [-0.2, -0.15) is 9.78 Å². The lowest BCUT2D eigenvalue weighted by Crippen LogP contribution is -2.27. The topological polar surface area (TPSA) is 44.1 Å². The first-order valence-corrected chi connectivity index (χ1v) is 6.79. The standard InChI is InChI=1S/C14H14BrFN2O2/c1-14(2,3)20-13(19)18-8-9(7-17-18)10-5-4-6-11(15)12(10)16/h4-8H,1-3H3. The smallest absolute Gasteiger partial charge is 0.435 e. The predicted molar refractivity (Wildman–Crippen MR) is 77.0 cm³/mol. The molecule has 4 nitrogen and oxygen atoms in total. The van der Waals surface area contributed by atoms with Crippen molar-refractivity contribution in [2.45, 2.75) is 26.4 Å². The van der Waals surface area contributed by atoms with E-state index in [2.05, 4.69) is 21.0 Å². The molecule has 2 rings (SSSR count). The van der Waals surface area contributed by atoms with Gasteiger partial charge < -0.3 is 4.74 Å². The zero-order valence-corrected chi connectivity index (χ0v) is 12.9. The number of carbonyl (C=O) groups is 1. The Labute approximate surface area is 124 Å². The fourth-order valence-corrected chi connectivity index (χ4v) is 1.96. The first-order chi connectivity index (χ1) is 9.28. The zero-order valence-electron chi connectivity index (χ0n) is 11.4. The van der Waals surface area contributed by atoms with Crippen LogP contribution >= 0.6 is 15.9 Å². The van der Waals surface area contributed by atoms with Crippen molar-refractivity contribution in [2.75, 3.05) is 0 Å². The molecule has 0 saturated heterocycles. The Bertz CT molecular complexity index is 647. The third-order valence-corrected chi connectivity index (χ3v) is 3.04. The summed E-state index contributed by atoms with van der Waals surface area (Å²) in [4.78, 5) is 11.8. The third-order valence-electron chi connectivity index (χ3n) is 2.43. The lowest BCUT2D eigenvalue weighted by Gasteiger charge is -2.18. The molecule has 0 atom stereocenters. The molecule has 0 aliphatic heterocycles. The zero-order chi connectivity index (χ0) is 14.9. The van der Waals surface area contributed by atoms with E-state index in [9.17, 15) is 9.18 Å². The van der Waals surface area contributed by atoms with Crippen LogP contribution in [0.4, 0.5) is 9.18 Å². The molecule has 106 valence electrons. The van der Waals surface area contributed by atoms with Crippen LogP contribution in [0.3, 0.4) is 0 Å². The number of benzene rings is 1. The van der Waals surface area contributed by atoms with Gasteiger partial charge in [0.15, 0.2) is 0 Å². The van der Waals surface area contributed by atoms with Gasteiger partial charge in [0.2, 0.25) is 0 Å². The normalized spacial score (nSPS) is 11.4. The van der Waals surface area contributed by atoms with Crippen molar-refractivity contribution >= 4 is 22.0 Å². The van der Waals surface area contributed by atoms with Crippen molar-refractivity contribution in [3.63, 3.8) is 0 Å². The van der Waals surface area contributed by atoms with Gasteiger partial charge in [-0.25, -0.2) is 9.18 Å². The highest BCUT2D eigenvalue weighted by molar-refractivity contribution is 9.10. The SMILES string of the molecule is CC(C)(C)OC(=O)n1cc(-c2cccc(Br)c2F)cn1. The van der Waals surface area contributed by atoms with Gasteiger partial charge in [-0.05, 0) is 42.8 Å². The summed E-state index contributed by atoms with van der Waals surface area (Å²) in [7, 11) is 0. The highest BCUT2D eigenvalue weighted by Gasteiger charge is 2.19. The molecule has 1 aromatic heterocycles. The molecule has 0 spiro atoms. The van der Waals surface area contributed by atoms with Crippen LogP contribution in [-0.4, -0.2) is 21.5 Å². The van der Waals surface area contributed by atoms with Crippen LogP contribution in [0.2, 0.25) is 0 Å². The molecule has 20 heavy (non-hydrogen) atoms. The molecule has 6 heteroatoms. The molecule has 1 heterocycles. The van der Waals surface area contributed by atoms with E-state index < -0.39 is 17.5 Å². The molecule has 0 unspecified atom stereocenters. The number of aromatic nitrogens is 2. The van der Waals surface area contributed by atoms with Gasteiger partial charge >= 0.3 is 6.09 Å². The average molecular weight is 341 g/mol. The van der Waals surface area contributed by atoms with Crippen LogP contribution in [-0.2, 0) is 4.74 Å². The molecule has 2 aromatic rings. The van der Waals surface area contributed by atoms with Crippen LogP contribution < -0.4 is 0 Å². The van der Waals surface area contributed by atoms with E-state index in [0.29, 0.717) is 15.6 Å². The minimum absolute atomic E-state index is 0.361. The molecule has 0 aliphatic carbocycles. The first-order valence-electron chi connectivity index (χ1n) is 6.00. The minimum atomic E-state index is -0.607. The van der Waals surface area contributed by atoms with Crippen molar-refractivity contribution in [3.8, 4) is 11.1 Å². The fraction of sp³-hybridized carbons (Fsp3) is 0.286. The molecule has 0 bridgehead atoms. The maximum Gasteiger partial charge on any atom is 0.435 e. The summed E-state index contributed by atoms with van der Waals surface area (Å²) >= 11 is 3.12. The Kier molecular flexibility index (Phi) is 3.94. The maximum absolute atomic E-state index is 14.0. The van der Waals surface area contributed by atoms with Crippen LogP contribution in [0.1, 0.15) is 20.8 Å². The summed E-state index contributed by atoms with van der Waals surface area (Å²) in [5.74, 6) is -0.392. The lowest BCUT2D eigenvalue weighted by atomic mass is 10.1. The monoisotopic (exact) mass is 340 g/mol. The van der Waals surface area contributed by atoms with Gasteiger partial charge in [0, 0.05) is 17.3 Å². The quantitative estimate of drug-likeness (QED) is 0.779. The van der Waals surface area contributed by atoms with E-state index in [0.717, 1.165) is 4.68 Å². The van der Waals surface area contributed by atoms with Gasteiger partial charge in [-0.15, -0.1) is 0 Å². The van der Waals surface area contributed by atoms with Crippen molar-refractivity contribution in [1.29, 1.82) is 0 Å². The van der Waals surface area contributed by atoms with Crippen LogP contribution in [0, 0.1) is 5.82 Å². The van der Waals surface area contributed by atoms with Crippen LogP contribution in [0.25, 0.3) is 11.1 Å². The second kappa shape index (κ2) is 5.36. The van der Waals surface area contributed by atoms with Crippen LogP contribution in [0.15, 0.2) is 35.1 Å². The van der Waals surface area contributed by atoms with Crippen molar-refractivity contribution < 1.29 is 13.9 Å². The highest BCUT2D eigenvalue weighted by Crippen LogP contribution is 2.27. The van der Waals surface area contributed by atoms with Crippen molar-refractivity contribution in [1.82, 2.24) is 9.78 Å². The minimum Gasteiger partial charge on any atom is -0.442 e. The Balaban J connectivity index is 2.30. The lowest BCUT2D eigenvalue weighted by molar-refractivity contribution is 0.0514. The van der Waals surface area contributed by atoms with Crippen molar-refractivity contribution in [3.05, 3.63) is 40.9 Å². The Morgan fingerprint density at radius 3 is 2.75 bits per heavy atom. The van der Waals surface area contributed by atoms with Gasteiger partial charge in [-0.3, -0.25) is 0 Å². The van der Waals surface area contributed by atoms with E-state index in [1.54, 1.807) is 39.0 Å². The average Bonchev–Trinajstić information content (AvgIpc) is 2.80. The number of ether oxygens (including phenoxy) is 1. The van der Waals surface area contributed by atoms with E-state index in [1.807, 2.05) is 0 Å². The molecule has 0 saturated carbocycles. The number of halogens is 2.